The van der Waals surface area contributed by atoms with Gasteiger partial charge in [-0.2, -0.15) is 0 Å². The van der Waals surface area contributed by atoms with Gasteiger partial charge < -0.3 is 54.5 Å². The van der Waals surface area contributed by atoms with Crippen LogP contribution in [0.2, 0.25) is 6.04 Å². The van der Waals surface area contributed by atoms with Crippen molar-refractivity contribution in [2.75, 3.05) is 6.61 Å². The second-order valence-corrected chi connectivity index (χ2v) is 39.3. The van der Waals surface area contributed by atoms with Crippen LogP contribution < -0.4 is 36.3 Å². The minimum Gasteiger partial charge on any atom is -0.396 e. The molecule has 1 N–H and O–H groups in total. The van der Waals surface area contributed by atoms with Crippen LogP contribution in [0.15, 0.2) is 212 Å². The highest BCUT2D eigenvalue weighted by Crippen LogP contribution is 2.49. The maximum absolute atomic E-state index is 11.3. The third kappa shape index (κ3) is 7.93. The van der Waals surface area contributed by atoms with E-state index in [0.29, 0.717) is 36.3 Å². The van der Waals surface area contributed by atoms with Gasteiger partial charge in [0.1, 0.15) is 0 Å². The van der Waals surface area contributed by atoms with Crippen molar-refractivity contribution in [3.8, 4) is 0 Å². The van der Waals surface area contributed by atoms with E-state index in [2.05, 4.69) is 0 Å². The zero-order chi connectivity index (χ0) is 43.7. The summed E-state index contributed by atoms with van der Waals surface area (Å²) in [6.07, 6.45) is 0. The van der Waals surface area contributed by atoms with Crippen LogP contribution in [0.4, 0.5) is 0 Å². The van der Waals surface area contributed by atoms with Crippen molar-refractivity contribution in [2.24, 2.45) is 0 Å². The molecule has 7 aromatic carbocycles. The molecule has 7 aromatic rings. The molecule has 8 bridgehead atoms. The Hall–Kier alpha value is -4.18. The van der Waals surface area contributed by atoms with Gasteiger partial charge in [0.05, 0.1) is 0 Å². The summed E-state index contributed by atoms with van der Waals surface area (Å²) >= 11 is 0. The lowest BCUT2D eigenvalue weighted by Gasteiger charge is -2.62. The predicted molar refractivity (Wildman–Crippen MR) is 273 cm³/mol. The Balaban J connectivity index is 0.00000193. The van der Waals surface area contributed by atoms with E-state index < -0.39 is 77.0 Å². The van der Waals surface area contributed by atoms with Crippen LogP contribution >= 0.6 is 0 Å². The third-order valence-electron chi connectivity index (χ3n) is 11.6. The van der Waals surface area contributed by atoms with E-state index in [1.807, 2.05) is 212 Å². The van der Waals surface area contributed by atoms with E-state index in [1.165, 1.54) is 0 Å². The van der Waals surface area contributed by atoms with Gasteiger partial charge in [0.15, 0.2) is 0 Å². The predicted octanol–water partition coefficient (Wildman–Crippen LogP) is 3.00. The lowest BCUT2D eigenvalue weighted by Crippen LogP contribution is -2.95. The normalized spacial score (nSPS) is 33.2. The molecule has 22 heteroatoms. The molecule has 0 amide bonds. The molecule has 6 aliphatic heterocycles. The van der Waals surface area contributed by atoms with Crippen molar-refractivity contribution >= 4 is 115 Å². The highest BCUT2D eigenvalue weighted by molar-refractivity contribution is 7.13. The van der Waals surface area contributed by atoms with Gasteiger partial charge in [-0.25, -0.2) is 0 Å². The van der Waals surface area contributed by atoms with Crippen LogP contribution in [0.3, 0.4) is 0 Å². The molecule has 0 aromatic heterocycles. The highest BCUT2D eigenvalue weighted by atomic mass is 28.6. The summed E-state index contributed by atoms with van der Waals surface area (Å²) in [7, 11) is -37.6. The molecular formula is C46H48BO13Si8. The second kappa shape index (κ2) is 18.5. The lowest BCUT2D eigenvalue weighted by atomic mass is 10.4. The first kappa shape index (κ1) is 48.8. The molecule has 0 spiro atoms. The summed E-state index contributed by atoms with van der Waals surface area (Å²) in [4.78, 5) is 0. The first-order chi connectivity index (χ1) is 31.8. The van der Waals surface area contributed by atoms with Gasteiger partial charge in [-0.15, -0.1) is 0 Å². The number of rotatable bonds is 9. The van der Waals surface area contributed by atoms with Crippen LogP contribution in [0, 0.1) is 0 Å². The molecule has 345 valence electrons. The van der Waals surface area contributed by atoms with Crippen molar-refractivity contribution in [3.63, 3.8) is 0 Å². The maximum atomic E-state index is 11.3. The summed E-state index contributed by atoms with van der Waals surface area (Å²) in [5.41, 5.74) is 0. The van der Waals surface area contributed by atoms with Crippen LogP contribution in [0.25, 0.3) is 0 Å². The van der Waals surface area contributed by atoms with E-state index in [4.69, 9.17) is 49.4 Å². The summed E-state index contributed by atoms with van der Waals surface area (Å²) in [6.45, 7) is -0.429. The molecule has 68 heavy (non-hydrogen) atoms. The Bertz CT molecular complexity index is 2520. The molecule has 6 fully saturated rings. The van der Waals surface area contributed by atoms with Crippen molar-refractivity contribution in [1.82, 2.24) is 0 Å². The molecule has 6 aliphatic rings. The zero-order valence-electron chi connectivity index (χ0n) is 35.0. The van der Waals surface area contributed by atoms with Crippen molar-refractivity contribution in [1.29, 1.82) is 0 Å². The number of aliphatic hydroxyl groups is 1. The average Bonchev–Trinajstić information content (AvgIpc) is 3.33. The van der Waals surface area contributed by atoms with E-state index in [0.717, 1.165) is 0 Å². The van der Waals surface area contributed by atoms with E-state index in [-0.39, 0.29) is 29.3 Å². The molecule has 0 aliphatic carbocycles. The molecule has 0 unspecified atom stereocenters. The fraction of sp³-hybridized carbons (Fsp3) is 0.0870. The van der Waals surface area contributed by atoms with Gasteiger partial charge in [0.2, 0.25) is 0 Å². The Morgan fingerprint density at radius 1 is 0.250 bits per heavy atom. The largest absolute Gasteiger partial charge is 0.515 e. The van der Waals surface area contributed by atoms with Gasteiger partial charge in [0.25, 0.3) is 0 Å². The van der Waals surface area contributed by atoms with E-state index in [9.17, 15) is 5.11 Å². The standard InChI is InChI=1S/C44H40O13Si8.2CH4.B/c45-36-37-58-46-59(38-22-8-1-9-23-38)49-62(41-28-14-4-15-29-41)51-60(47-58,39-24-10-2-11-25-39)53-64(43-32-18-6-19-33-43)54-61(48-58,40-26-12-3-13-27-40)52-63(50-59,42-30-16-5-17-31-42)56-65(55-62,57-64)44-34-20-7-21-35-44;;;/h1-35,45H,36-37H2;2*1H4;. The minimum atomic E-state index is -4.72. The molecule has 13 nitrogen and oxygen atoms in total. The number of aliphatic hydroxyl groups excluding tert-OH is 1. The summed E-state index contributed by atoms with van der Waals surface area (Å²) in [5, 5.41) is 15.1. The molecule has 13 rings (SSSR count). The van der Waals surface area contributed by atoms with Crippen LogP contribution in [-0.4, -0.2) is 90.6 Å². The third-order valence-corrected chi connectivity index (χ3v) is 46.0. The van der Waals surface area contributed by atoms with Gasteiger partial charge in [-0.3, -0.25) is 0 Å². The number of benzene rings is 7. The van der Waals surface area contributed by atoms with E-state index in [1.54, 1.807) is 0 Å². The summed E-state index contributed by atoms with van der Waals surface area (Å²) in [6, 6.07) is 66.1. The van der Waals surface area contributed by atoms with Gasteiger partial charge >= 0.3 is 70.4 Å². The molecule has 6 heterocycles. The first-order valence-electron chi connectivity index (χ1n) is 21.2. The Labute approximate surface area is 407 Å². The van der Waals surface area contributed by atoms with Gasteiger partial charge in [-0.05, 0) is 0 Å². The lowest BCUT2D eigenvalue weighted by molar-refractivity contribution is -0.00735. The van der Waals surface area contributed by atoms with Crippen molar-refractivity contribution < 1.29 is 54.5 Å². The zero-order valence-corrected chi connectivity index (χ0v) is 43.0. The maximum Gasteiger partial charge on any atom is 0.515 e. The van der Waals surface area contributed by atoms with Crippen molar-refractivity contribution in [3.05, 3.63) is 212 Å². The highest BCUT2D eigenvalue weighted by Gasteiger charge is 2.86. The summed E-state index contributed by atoms with van der Waals surface area (Å²) in [5.74, 6) is 0. The van der Waals surface area contributed by atoms with Crippen LogP contribution in [0.5, 0.6) is 0 Å². The average molecular weight is 1040 g/mol. The fourth-order valence-corrected chi connectivity index (χ4v) is 55.0. The minimum absolute atomic E-state index is 0. The van der Waals surface area contributed by atoms with Crippen LogP contribution in [0.1, 0.15) is 14.9 Å². The van der Waals surface area contributed by atoms with Gasteiger partial charge in [-0.1, -0.05) is 227 Å². The van der Waals surface area contributed by atoms with E-state index >= 15 is 0 Å². The fourth-order valence-electron chi connectivity index (χ4n) is 8.73. The van der Waals surface area contributed by atoms with Gasteiger partial charge in [0, 0.05) is 57.4 Å². The molecule has 3 radical (unpaired) electrons. The second-order valence-electron chi connectivity index (χ2n) is 15.8. The molecule has 0 atom stereocenters. The topological polar surface area (TPSA) is 131 Å². The molecule has 0 saturated carbocycles. The van der Waals surface area contributed by atoms with Crippen molar-refractivity contribution in [2.45, 2.75) is 20.9 Å². The number of hydrogen-bond donors (Lipinski definition) is 1. The molecule has 6 saturated heterocycles. The Kier molecular flexibility index (Phi) is 13.3. The molecular weight excluding hydrogens is 996 g/mol. The quantitative estimate of drug-likeness (QED) is 0.213. The van der Waals surface area contributed by atoms with Crippen LogP contribution in [-0.2, 0) is 49.4 Å². The Morgan fingerprint density at radius 3 is 0.544 bits per heavy atom. The Morgan fingerprint density at radius 2 is 0.397 bits per heavy atom. The summed E-state index contributed by atoms with van der Waals surface area (Å²) < 4.78 is 95.1. The first-order valence-corrected chi connectivity index (χ1v) is 35.2. The smallest absolute Gasteiger partial charge is 0.396 e. The SMILES string of the molecule is C.C.OCC[Si]12O[Si]3(c4ccccc4)O[Si]4(c5ccccc5)O[Si](c5ccccc5)(O1)O[Si]1(c5ccccc5)O[Si](c5ccccc5)(O2)O[Si](c2ccccc2)(O3)O[Si](c2ccccc2)(O4)O1.[B]. The number of hydrogen-bond acceptors (Lipinski definition) is 13. The monoisotopic (exact) mass is 1040 g/mol.